The highest BCUT2D eigenvalue weighted by atomic mass is 16.2. The van der Waals surface area contributed by atoms with Gasteiger partial charge in [0.05, 0.1) is 11.3 Å². The summed E-state index contributed by atoms with van der Waals surface area (Å²) in [6, 6.07) is 6.36. The van der Waals surface area contributed by atoms with Gasteiger partial charge in [-0.1, -0.05) is 26.0 Å². The van der Waals surface area contributed by atoms with E-state index < -0.39 is 6.04 Å². The Kier molecular flexibility index (Phi) is 3.27. The second-order valence-corrected chi connectivity index (χ2v) is 5.84. The first-order valence-electron chi connectivity index (χ1n) is 7.30. The molecule has 2 aliphatic heterocycles. The molecule has 5 heteroatoms. The van der Waals surface area contributed by atoms with Crippen LogP contribution in [0.1, 0.15) is 37.0 Å². The highest BCUT2D eigenvalue weighted by molar-refractivity contribution is 6.22. The van der Waals surface area contributed by atoms with Gasteiger partial charge in [0.15, 0.2) is 0 Å². The molecular formula is C16H18N2O3. The van der Waals surface area contributed by atoms with Gasteiger partial charge in [0.25, 0.3) is 11.8 Å². The first-order valence-corrected chi connectivity index (χ1v) is 7.30. The molecule has 2 aliphatic rings. The molecule has 0 aromatic heterocycles. The van der Waals surface area contributed by atoms with Gasteiger partial charge >= 0.3 is 0 Å². The van der Waals surface area contributed by atoms with Gasteiger partial charge in [0.1, 0.15) is 6.04 Å². The zero-order valence-electron chi connectivity index (χ0n) is 12.2. The molecular weight excluding hydrogens is 268 g/mol. The maximum absolute atomic E-state index is 12.8. The van der Waals surface area contributed by atoms with E-state index in [4.69, 9.17) is 0 Å². The summed E-state index contributed by atoms with van der Waals surface area (Å²) in [5.74, 6) is -0.982. The van der Waals surface area contributed by atoms with Crippen LogP contribution in [-0.4, -0.2) is 35.2 Å². The molecule has 1 fully saturated rings. The second kappa shape index (κ2) is 4.98. The van der Waals surface area contributed by atoms with E-state index in [-0.39, 0.29) is 23.6 Å². The fourth-order valence-electron chi connectivity index (χ4n) is 3.02. The zero-order valence-corrected chi connectivity index (χ0v) is 12.2. The molecule has 0 radical (unpaired) electrons. The lowest BCUT2D eigenvalue weighted by molar-refractivity contribution is -0.130. The van der Waals surface area contributed by atoms with E-state index in [0.29, 0.717) is 24.2 Å². The fourth-order valence-corrected chi connectivity index (χ4v) is 3.02. The van der Waals surface area contributed by atoms with E-state index >= 15 is 0 Å². The fraction of sp³-hybridized carbons (Fsp3) is 0.438. The first-order chi connectivity index (χ1) is 10.0. The number of rotatable bonds is 1. The van der Waals surface area contributed by atoms with E-state index in [2.05, 4.69) is 0 Å². The highest BCUT2D eigenvalue weighted by Gasteiger charge is 2.44. The molecule has 0 N–H and O–H groups in total. The molecule has 110 valence electrons. The summed E-state index contributed by atoms with van der Waals surface area (Å²) in [7, 11) is 0. The summed E-state index contributed by atoms with van der Waals surface area (Å²) in [5, 5.41) is 0. The predicted molar refractivity (Wildman–Crippen MR) is 77.8 cm³/mol. The van der Waals surface area contributed by atoms with Crippen LogP contribution in [0.3, 0.4) is 0 Å². The lowest BCUT2D eigenvalue weighted by Gasteiger charge is -2.25. The molecule has 21 heavy (non-hydrogen) atoms. The Labute approximate surface area is 123 Å². The largest absolute Gasteiger partial charge is 0.327 e. The minimum absolute atomic E-state index is 0.152. The molecule has 0 spiro atoms. The number of hydrogen-bond acceptors (Lipinski definition) is 3. The van der Waals surface area contributed by atoms with Crippen LogP contribution in [0, 0.1) is 5.92 Å². The van der Waals surface area contributed by atoms with E-state index in [0.717, 1.165) is 6.42 Å². The van der Waals surface area contributed by atoms with Gasteiger partial charge in [-0.2, -0.15) is 0 Å². The maximum atomic E-state index is 12.8. The van der Waals surface area contributed by atoms with Gasteiger partial charge in [0, 0.05) is 12.5 Å². The number of nitrogens with zero attached hydrogens (tertiary/aromatic N) is 2. The van der Waals surface area contributed by atoms with Crippen molar-refractivity contribution in [3.63, 3.8) is 0 Å². The molecule has 2 heterocycles. The topological polar surface area (TPSA) is 57.7 Å². The van der Waals surface area contributed by atoms with Crippen LogP contribution in [0.5, 0.6) is 0 Å². The third-order valence-corrected chi connectivity index (χ3v) is 4.11. The van der Waals surface area contributed by atoms with Gasteiger partial charge in [-0.25, -0.2) is 4.90 Å². The summed E-state index contributed by atoms with van der Waals surface area (Å²) < 4.78 is 0. The van der Waals surface area contributed by atoms with Gasteiger partial charge in [0.2, 0.25) is 5.91 Å². The summed E-state index contributed by atoms with van der Waals surface area (Å²) in [6.45, 7) is 4.10. The van der Waals surface area contributed by atoms with Gasteiger partial charge < -0.3 is 4.90 Å². The molecule has 1 aromatic carbocycles. The van der Waals surface area contributed by atoms with Crippen molar-refractivity contribution in [1.82, 2.24) is 4.90 Å². The van der Waals surface area contributed by atoms with Crippen LogP contribution < -0.4 is 4.90 Å². The number of imide groups is 1. The molecule has 1 saturated heterocycles. The molecule has 0 unspecified atom stereocenters. The molecule has 0 saturated carbocycles. The van der Waals surface area contributed by atoms with Crippen LogP contribution in [0.15, 0.2) is 24.3 Å². The van der Waals surface area contributed by atoms with Crippen LogP contribution >= 0.6 is 0 Å². The predicted octanol–water partition coefficient (Wildman–Crippen LogP) is 1.82. The smallest absolute Gasteiger partial charge is 0.256 e. The average molecular weight is 286 g/mol. The van der Waals surface area contributed by atoms with Crippen molar-refractivity contribution in [3.05, 3.63) is 29.8 Å². The van der Waals surface area contributed by atoms with Gasteiger partial charge in [-0.3, -0.25) is 14.4 Å². The molecule has 1 atom stereocenters. The first kappa shape index (κ1) is 13.8. The van der Waals surface area contributed by atoms with Crippen molar-refractivity contribution >= 4 is 23.4 Å². The van der Waals surface area contributed by atoms with E-state index in [1.807, 2.05) is 0 Å². The quantitative estimate of drug-likeness (QED) is 0.791. The normalized spacial score (nSPS) is 21.4. The number of carbonyl (C=O) groups excluding carboxylic acids is 3. The van der Waals surface area contributed by atoms with Crippen molar-refractivity contribution in [2.75, 3.05) is 11.4 Å². The van der Waals surface area contributed by atoms with Gasteiger partial charge in [-0.15, -0.1) is 0 Å². The van der Waals surface area contributed by atoms with Crippen molar-refractivity contribution < 1.29 is 14.4 Å². The van der Waals surface area contributed by atoms with Crippen molar-refractivity contribution in [2.45, 2.75) is 32.7 Å². The number of fused-ring (bicyclic) bond motifs is 2. The second-order valence-electron chi connectivity index (χ2n) is 5.84. The summed E-state index contributed by atoms with van der Waals surface area (Å²) in [4.78, 5) is 40.7. The number of hydrogen-bond donors (Lipinski definition) is 0. The summed E-state index contributed by atoms with van der Waals surface area (Å²) >= 11 is 0. The molecule has 5 nitrogen and oxygen atoms in total. The Morgan fingerprint density at radius 1 is 1.24 bits per heavy atom. The standard InChI is InChI=1S/C16H18N2O3/c1-10(2)14(19)18-12-7-4-3-6-11(12)15(20)17-9-5-8-13(17)16(18)21/h3-4,6-7,10,13H,5,8-9H2,1-2H3/t13-/m0/s1. The van der Waals surface area contributed by atoms with Gasteiger partial charge in [-0.05, 0) is 25.0 Å². The van der Waals surface area contributed by atoms with Crippen molar-refractivity contribution in [3.8, 4) is 0 Å². The Balaban J connectivity index is 2.18. The number of anilines is 1. The average Bonchev–Trinajstić information content (AvgIpc) is 2.93. The molecule has 3 rings (SSSR count). The van der Waals surface area contributed by atoms with Crippen LogP contribution in [0.25, 0.3) is 0 Å². The zero-order chi connectivity index (χ0) is 15.1. The number of benzene rings is 1. The maximum Gasteiger partial charge on any atom is 0.256 e. The Bertz CT molecular complexity index is 624. The van der Waals surface area contributed by atoms with Crippen LogP contribution in [0.4, 0.5) is 5.69 Å². The molecule has 0 bridgehead atoms. The highest BCUT2D eigenvalue weighted by Crippen LogP contribution is 2.33. The van der Waals surface area contributed by atoms with E-state index in [1.165, 1.54) is 4.90 Å². The Hall–Kier alpha value is -2.17. The summed E-state index contributed by atoms with van der Waals surface area (Å²) in [6.07, 6.45) is 1.43. The van der Waals surface area contributed by atoms with Crippen LogP contribution in [0.2, 0.25) is 0 Å². The lowest BCUT2D eigenvalue weighted by Crippen LogP contribution is -2.48. The molecule has 3 amide bonds. The monoisotopic (exact) mass is 286 g/mol. The minimum atomic E-state index is -0.507. The van der Waals surface area contributed by atoms with E-state index in [9.17, 15) is 14.4 Å². The third-order valence-electron chi connectivity index (χ3n) is 4.11. The Morgan fingerprint density at radius 2 is 1.95 bits per heavy atom. The number of carbonyl (C=O) groups is 3. The molecule has 0 aliphatic carbocycles. The third kappa shape index (κ3) is 2.04. The number of para-hydroxylation sites is 1. The summed E-state index contributed by atoms with van der Waals surface area (Å²) in [5.41, 5.74) is 0.852. The lowest BCUT2D eigenvalue weighted by atomic mass is 10.1. The van der Waals surface area contributed by atoms with Crippen LogP contribution in [-0.2, 0) is 9.59 Å². The SMILES string of the molecule is CC(C)C(=O)N1C(=O)[C@@H]2CCCN2C(=O)c2ccccc21. The number of amides is 3. The minimum Gasteiger partial charge on any atom is -0.327 e. The van der Waals surface area contributed by atoms with E-state index in [1.54, 1.807) is 43.0 Å². The molecule has 1 aromatic rings. The van der Waals surface area contributed by atoms with Crippen molar-refractivity contribution in [1.29, 1.82) is 0 Å². The van der Waals surface area contributed by atoms with Crippen molar-refractivity contribution in [2.24, 2.45) is 5.92 Å². The Morgan fingerprint density at radius 3 is 2.67 bits per heavy atom.